The van der Waals surface area contributed by atoms with Gasteiger partial charge in [0.15, 0.2) is 18.2 Å². The Kier molecular flexibility index (Phi) is 9.03. The van der Waals surface area contributed by atoms with Crippen molar-refractivity contribution in [3.8, 4) is 5.75 Å². The van der Waals surface area contributed by atoms with Gasteiger partial charge in [0.25, 0.3) is 0 Å². The Bertz CT molecular complexity index is 782. The van der Waals surface area contributed by atoms with E-state index in [9.17, 15) is 14.4 Å². The predicted octanol–water partition coefficient (Wildman–Crippen LogP) is 2.07. The minimum absolute atomic E-state index is 0.403. The van der Waals surface area contributed by atoms with E-state index in [4.69, 9.17) is 23.7 Å². The van der Waals surface area contributed by atoms with Crippen LogP contribution in [0.15, 0.2) is 29.3 Å². The summed E-state index contributed by atoms with van der Waals surface area (Å²) in [5, 5.41) is 0. The lowest BCUT2D eigenvalue weighted by atomic mass is 9.97. The molecule has 0 amide bonds. The molecule has 0 aliphatic carbocycles. The van der Waals surface area contributed by atoms with Crippen LogP contribution in [0.4, 0.5) is 0 Å². The molecule has 1 heterocycles. The summed E-state index contributed by atoms with van der Waals surface area (Å²) in [4.78, 5) is 39.5. The zero-order chi connectivity index (χ0) is 22.3. The fraction of sp³-hybridized carbons (Fsp3) is 0.500. The summed E-state index contributed by atoms with van der Waals surface area (Å²) in [7, 11) is 1.56. The summed E-state index contributed by atoms with van der Waals surface area (Å²) < 4.78 is 27.5. The average Bonchev–Trinajstić information content (AvgIpc) is 2.68. The lowest BCUT2D eigenvalue weighted by molar-refractivity contribution is -0.255. The zero-order valence-electron chi connectivity index (χ0n) is 17.1. The Morgan fingerprint density at radius 3 is 2.07 bits per heavy atom. The molecule has 1 saturated heterocycles. The molecule has 30 heavy (non-hydrogen) atoms. The third-order valence-corrected chi connectivity index (χ3v) is 5.03. The monoisotopic (exact) mass is 533 g/mol. The second kappa shape index (κ2) is 11.3. The third-order valence-electron chi connectivity index (χ3n) is 4.16. The second-order valence-corrected chi connectivity index (χ2v) is 7.38. The number of halogens is 1. The van der Waals surface area contributed by atoms with E-state index in [-0.39, 0.29) is 0 Å². The Morgan fingerprint density at radius 1 is 1.00 bits per heavy atom. The Balaban J connectivity index is 2.41. The number of carbonyl (C=O) groups is 3. The molecule has 2 rings (SSSR count). The van der Waals surface area contributed by atoms with E-state index in [0.717, 1.165) is 5.56 Å². The topological polar surface area (TPSA) is 110 Å². The summed E-state index contributed by atoms with van der Waals surface area (Å²) in [6.07, 6.45) is -2.15. The molecular weight excluding hydrogens is 509 g/mol. The van der Waals surface area contributed by atoms with Gasteiger partial charge in [-0.05, 0) is 29.8 Å². The van der Waals surface area contributed by atoms with Crippen molar-refractivity contribution in [2.75, 3.05) is 11.5 Å². The van der Waals surface area contributed by atoms with Crippen LogP contribution in [0, 0.1) is 0 Å². The SMILES string of the molecule is COc1ccc(C=N[C@H]2[C@H](OC(C)=O)O[C@H](CI)[C@H](OC(C)=O)[C@@H]2OC(C)=O)cc1. The summed E-state index contributed by atoms with van der Waals surface area (Å²) in [6, 6.07) is 6.15. The molecule has 10 heteroatoms. The van der Waals surface area contributed by atoms with Gasteiger partial charge in [0.1, 0.15) is 11.9 Å². The average molecular weight is 533 g/mol. The summed E-state index contributed by atoms with van der Waals surface area (Å²) >= 11 is 2.05. The molecule has 0 unspecified atom stereocenters. The molecule has 0 bridgehead atoms. The van der Waals surface area contributed by atoms with E-state index >= 15 is 0 Å². The largest absolute Gasteiger partial charge is 0.497 e. The molecule has 1 aliphatic rings. The maximum atomic E-state index is 11.8. The molecule has 5 atom stereocenters. The number of alkyl halides is 1. The Hall–Kier alpha value is -2.21. The summed E-state index contributed by atoms with van der Waals surface area (Å²) in [6.45, 7) is 3.74. The molecule has 1 fully saturated rings. The zero-order valence-corrected chi connectivity index (χ0v) is 19.2. The standard InChI is InChI=1S/C20H24INO8/c1-11(23)27-18-16(9-21)30-20(29-13(3)25)17(19(18)28-12(2)24)22-10-14-5-7-15(26-4)8-6-14/h5-8,10,16-20H,9H2,1-4H3/t16-,17-,18+,19-,20-/m1/s1. The Labute approximate surface area is 188 Å². The smallest absolute Gasteiger partial charge is 0.305 e. The van der Waals surface area contributed by atoms with Gasteiger partial charge in [-0.3, -0.25) is 19.4 Å². The molecule has 0 N–H and O–H groups in total. The molecule has 9 nitrogen and oxygen atoms in total. The van der Waals surface area contributed by atoms with Gasteiger partial charge in [-0.1, -0.05) is 22.6 Å². The van der Waals surface area contributed by atoms with E-state index < -0.39 is 48.6 Å². The van der Waals surface area contributed by atoms with E-state index in [1.165, 1.54) is 27.0 Å². The fourth-order valence-corrected chi connectivity index (χ4v) is 3.67. The normalized spacial score (nSPS) is 26.1. The number of ether oxygens (including phenoxy) is 5. The quantitative estimate of drug-likeness (QED) is 0.172. The van der Waals surface area contributed by atoms with E-state index in [0.29, 0.717) is 10.2 Å². The van der Waals surface area contributed by atoms with Crippen LogP contribution < -0.4 is 4.74 Å². The predicted molar refractivity (Wildman–Crippen MR) is 115 cm³/mol. The first kappa shape index (κ1) is 24.1. The van der Waals surface area contributed by atoms with Crippen molar-refractivity contribution >= 4 is 46.7 Å². The minimum Gasteiger partial charge on any atom is -0.497 e. The third kappa shape index (κ3) is 6.66. The number of rotatable bonds is 7. The first-order chi connectivity index (χ1) is 14.2. The molecule has 164 valence electrons. The van der Waals surface area contributed by atoms with Gasteiger partial charge in [-0.2, -0.15) is 0 Å². The number of esters is 3. The molecule has 1 aromatic rings. The van der Waals surface area contributed by atoms with Gasteiger partial charge in [-0.25, -0.2) is 0 Å². The van der Waals surface area contributed by atoms with Crippen molar-refractivity contribution in [3.63, 3.8) is 0 Å². The first-order valence-electron chi connectivity index (χ1n) is 9.15. The van der Waals surface area contributed by atoms with Crippen LogP contribution in [0.1, 0.15) is 26.3 Å². The maximum Gasteiger partial charge on any atom is 0.305 e. The van der Waals surface area contributed by atoms with Crippen LogP contribution in [-0.2, 0) is 33.3 Å². The number of benzene rings is 1. The van der Waals surface area contributed by atoms with Crippen molar-refractivity contribution in [3.05, 3.63) is 29.8 Å². The molecule has 0 saturated carbocycles. The van der Waals surface area contributed by atoms with Gasteiger partial charge in [0, 0.05) is 31.4 Å². The van der Waals surface area contributed by atoms with Crippen LogP contribution in [0.25, 0.3) is 0 Å². The lowest BCUT2D eigenvalue weighted by Crippen LogP contribution is -2.60. The van der Waals surface area contributed by atoms with Crippen LogP contribution in [0.5, 0.6) is 5.75 Å². The Morgan fingerprint density at radius 2 is 1.57 bits per heavy atom. The van der Waals surface area contributed by atoms with Crippen LogP contribution in [-0.4, -0.2) is 66.3 Å². The highest BCUT2D eigenvalue weighted by Crippen LogP contribution is 2.30. The van der Waals surface area contributed by atoms with Crippen LogP contribution in [0.3, 0.4) is 0 Å². The highest BCUT2D eigenvalue weighted by Gasteiger charge is 2.50. The van der Waals surface area contributed by atoms with Crippen molar-refractivity contribution in [1.29, 1.82) is 0 Å². The number of nitrogens with zero attached hydrogens (tertiary/aromatic N) is 1. The lowest BCUT2D eigenvalue weighted by Gasteiger charge is -2.42. The molecule has 0 spiro atoms. The van der Waals surface area contributed by atoms with Crippen LogP contribution in [0.2, 0.25) is 0 Å². The van der Waals surface area contributed by atoms with Gasteiger partial charge in [-0.15, -0.1) is 0 Å². The second-order valence-electron chi connectivity index (χ2n) is 6.50. The number of hydrogen-bond acceptors (Lipinski definition) is 9. The van der Waals surface area contributed by atoms with Gasteiger partial charge in [0.2, 0.25) is 6.29 Å². The van der Waals surface area contributed by atoms with E-state index in [1.807, 2.05) is 0 Å². The molecule has 1 aromatic carbocycles. The number of aliphatic imine (C=N–C) groups is 1. The van der Waals surface area contributed by atoms with Crippen molar-refractivity contribution in [2.45, 2.75) is 51.4 Å². The van der Waals surface area contributed by atoms with E-state index in [2.05, 4.69) is 27.6 Å². The number of hydrogen-bond donors (Lipinski definition) is 0. The van der Waals surface area contributed by atoms with Crippen molar-refractivity contribution < 1.29 is 38.1 Å². The van der Waals surface area contributed by atoms with Gasteiger partial charge in [0.05, 0.1) is 7.11 Å². The highest BCUT2D eigenvalue weighted by molar-refractivity contribution is 14.1. The minimum atomic E-state index is -1.12. The number of carbonyl (C=O) groups excluding carboxylic acids is 3. The number of methoxy groups -OCH3 is 1. The molecular formula is C20H24INO8. The maximum absolute atomic E-state index is 11.8. The molecule has 0 aromatic heterocycles. The summed E-state index contributed by atoms with van der Waals surface area (Å²) in [5.74, 6) is -1.04. The molecule has 0 radical (unpaired) electrons. The fourth-order valence-electron chi connectivity index (χ4n) is 2.96. The van der Waals surface area contributed by atoms with Gasteiger partial charge >= 0.3 is 17.9 Å². The van der Waals surface area contributed by atoms with Crippen LogP contribution >= 0.6 is 22.6 Å². The van der Waals surface area contributed by atoms with Crippen molar-refractivity contribution in [2.24, 2.45) is 4.99 Å². The highest BCUT2D eigenvalue weighted by atomic mass is 127. The van der Waals surface area contributed by atoms with Gasteiger partial charge < -0.3 is 23.7 Å². The molecule has 1 aliphatic heterocycles. The van der Waals surface area contributed by atoms with E-state index in [1.54, 1.807) is 31.4 Å². The van der Waals surface area contributed by atoms with Crippen molar-refractivity contribution in [1.82, 2.24) is 0 Å². The first-order valence-corrected chi connectivity index (χ1v) is 10.7. The summed E-state index contributed by atoms with van der Waals surface area (Å²) in [5.41, 5.74) is 0.735.